The first-order valence-corrected chi connectivity index (χ1v) is 12.3. The van der Waals surface area contributed by atoms with Gasteiger partial charge in [0.15, 0.2) is 11.6 Å². The zero-order valence-corrected chi connectivity index (χ0v) is 20.8. The molecule has 1 amide bonds. The monoisotopic (exact) mass is 534 g/mol. The lowest BCUT2D eigenvalue weighted by molar-refractivity contribution is -0.0328. The highest BCUT2D eigenvalue weighted by Gasteiger charge is 2.29. The summed E-state index contributed by atoms with van der Waals surface area (Å²) < 4.78 is 73.8. The van der Waals surface area contributed by atoms with Crippen molar-refractivity contribution < 1.29 is 31.5 Å². The molecule has 0 saturated carbocycles. The third-order valence-corrected chi connectivity index (χ3v) is 6.55. The molecule has 194 valence electrons. The van der Waals surface area contributed by atoms with Crippen molar-refractivity contribution in [3.05, 3.63) is 84.1 Å². The molecule has 0 bridgehead atoms. The second kappa shape index (κ2) is 10.8. The molecule has 0 saturated heterocycles. The Bertz CT molecular complexity index is 1430. The van der Waals surface area contributed by atoms with Gasteiger partial charge >= 0.3 is 11.6 Å². The molecule has 0 atom stereocenters. The molecule has 1 aromatic heterocycles. The van der Waals surface area contributed by atoms with Crippen molar-refractivity contribution in [2.75, 3.05) is 13.1 Å². The number of ether oxygens (including phenoxy) is 1. The van der Waals surface area contributed by atoms with Gasteiger partial charge in [0.2, 0.25) is 0 Å². The predicted molar refractivity (Wildman–Crippen MR) is 134 cm³/mol. The minimum Gasteiger partial charge on any atom is -0.410 e. The fourth-order valence-corrected chi connectivity index (χ4v) is 4.73. The standard InChI is InChI=1S/C27H23F5N2O2S/c1-3-33(4-2)26(35)36-24-11-10-23-20(25(24)18-8-9-21(28)22(29)15-18)12-13-34(23)16-17-6-5-7-19(14-17)37-27(30,31)32/h5-15H,3-4,16H2,1-2H3. The lowest BCUT2D eigenvalue weighted by atomic mass is 10.00. The van der Waals surface area contributed by atoms with Crippen molar-refractivity contribution in [2.24, 2.45) is 0 Å². The largest absolute Gasteiger partial charge is 0.446 e. The van der Waals surface area contributed by atoms with E-state index in [-0.39, 0.29) is 29.0 Å². The molecule has 1 heterocycles. The van der Waals surface area contributed by atoms with Gasteiger partial charge in [0, 0.05) is 47.2 Å². The highest BCUT2D eigenvalue weighted by molar-refractivity contribution is 8.00. The van der Waals surface area contributed by atoms with Crippen LogP contribution in [0.1, 0.15) is 19.4 Å². The highest BCUT2D eigenvalue weighted by atomic mass is 32.2. The fourth-order valence-electron chi connectivity index (χ4n) is 4.10. The minimum atomic E-state index is -4.39. The molecule has 0 unspecified atom stereocenters. The van der Waals surface area contributed by atoms with Gasteiger partial charge in [-0.05, 0) is 79.2 Å². The molecule has 4 nitrogen and oxygen atoms in total. The van der Waals surface area contributed by atoms with Crippen LogP contribution in [0.3, 0.4) is 0 Å². The summed E-state index contributed by atoms with van der Waals surface area (Å²) in [5, 5.41) is 0.608. The van der Waals surface area contributed by atoms with Crippen molar-refractivity contribution in [1.29, 1.82) is 0 Å². The Morgan fingerprint density at radius 2 is 1.73 bits per heavy atom. The van der Waals surface area contributed by atoms with Crippen molar-refractivity contribution in [1.82, 2.24) is 9.47 Å². The third kappa shape index (κ3) is 6.07. The molecule has 0 aliphatic carbocycles. The zero-order valence-electron chi connectivity index (χ0n) is 20.0. The molecule has 10 heteroatoms. The van der Waals surface area contributed by atoms with Gasteiger partial charge < -0.3 is 14.2 Å². The summed E-state index contributed by atoms with van der Waals surface area (Å²) in [6.45, 7) is 4.75. The molecule has 0 radical (unpaired) electrons. The van der Waals surface area contributed by atoms with Gasteiger partial charge in [0.1, 0.15) is 5.75 Å². The number of carbonyl (C=O) groups excluding carboxylic acids is 1. The molecule has 0 N–H and O–H groups in total. The van der Waals surface area contributed by atoms with Gasteiger partial charge in [-0.25, -0.2) is 13.6 Å². The van der Waals surface area contributed by atoms with Crippen LogP contribution in [0.25, 0.3) is 22.0 Å². The molecule has 0 aliphatic heterocycles. The van der Waals surface area contributed by atoms with Crippen molar-refractivity contribution in [3.63, 3.8) is 0 Å². The van der Waals surface area contributed by atoms with Gasteiger partial charge in [-0.3, -0.25) is 0 Å². The predicted octanol–water partition coefficient (Wildman–Crippen LogP) is 8.09. The molecule has 0 aliphatic rings. The molecular formula is C27H23F5N2O2S. The summed E-state index contributed by atoms with van der Waals surface area (Å²) in [7, 11) is 0. The van der Waals surface area contributed by atoms with Crippen LogP contribution in [-0.4, -0.2) is 34.2 Å². The van der Waals surface area contributed by atoms with Crippen LogP contribution in [-0.2, 0) is 6.54 Å². The van der Waals surface area contributed by atoms with Crippen molar-refractivity contribution in [3.8, 4) is 16.9 Å². The maximum Gasteiger partial charge on any atom is 0.446 e. The maximum atomic E-state index is 14.2. The third-order valence-electron chi connectivity index (χ3n) is 5.83. The number of amides is 1. The molecular weight excluding hydrogens is 511 g/mol. The van der Waals surface area contributed by atoms with Gasteiger partial charge in [-0.15, -0.1) is 0 Å². The van der Waals surface area contributed by atoms with Gasteiger partial charge in [-0.2, -0.15) is 13.2 Å². The Balaban J connectivity index is 1.77. The average Bonchev–Trinajstić information content (AvgIpc) is 3.23. The summed E-state index contributed by atoms with van der Waals surface area (Å²) in [4.78, 5) is 14.2. The van der Waals surface area contributed by atoms with Gasteiger partial charge in [0.25, 0.3) is 0 Å². The van der Waals surface area contributed by atoms with Gasteiger partial charge in [-0.1, -0.05) is 18.2 Å². The van der Waals surface area contributed by atoms with Crippen molar-refractivity contribution >= 4 is 28.8 Å². The fraction of sp³-hybridized carbons (Fsp3) is 0.222. The van der Waals surface area contributed by atoms with E-state index in [0.717, 1.165) is 12.1 Å². The molecule has 4 rings (SSSR count). The molecule has 0 spiro atoms. The number of nitrogens with zero attached hydrogens (tertiary/aromatic N) is 2. The minimum absolute atomic E-state index is 0.0783. The number of hydrogen-bond donors (Lipinski definition) is 0. The van der Waals surface area contributed by atoms with Crippen LogP contribution in [0.15, 0.2) is 71.8 Å². The van der Waals surface area contributed by atoms with E-state index in [2.05, 4.69) is 0 Å². The first-order chi connectivity index (χ1) is 17.6. The maximum absolute atomic E-state index is 14.2. The van der Waals surface area contributed by atoms with Crippen molar-refractivity contribution in [2.45, 2.75) is 30.8 Å². The van der Waals surface area contributed by atoms with E-state index in [1.54, 1.807) is 36.5 Å². The van der Waals surface area contributed by atoms with E-state index in [1.165, 1.54) is 23.1 Å². The average molecular weight is 535 g/mol. The van der Waals surface area contributed by atoms with E-state index in [0.29, 0.717) is 40.7 Å². The molecule has 37 heavy (non-hydrogen) atoms. The normalized spacial score (nSPS) is 11.6. The van der Waals surface area contributed by atoms with E-state index < -0.39 is 23.2 Å². The number of aromatic nitrogens is 1. The Morgan fingerprint density at radius 3 is 2.41 bits per heavy atom. The van der Waals surface area contributed by atoms with Crippen LogP contribution in [0, 0.1) is 11.6 Å². The first-order valence-electron chi connectivity index (χ1n) is 11.5. The molecule has 3 aromatic carbocycles. The first kappa shape index (κ1) is 26.5. The Hall–Kier alpha value is -3.53. The van der Waals surface area contributed by atoms with Crippen LogP contribution in [0.2, 0.25) is 0 Å². The summed E-state index contributed by atoms with van der Waals surface area (Å²) >= 11 is -0.181. The van der Waals surface area contributed by atoms with Crippen LogP contribution < -0.4 is 4.74 Å². The number of thioether (sulfide) groups is 1. The van der Waals surface area contributed by atoms with Crippen LogP contribution in [0.5, 0.6) is 5.75 Å². The second-order valence-corrected chi connectivity index (χ2v) is 9.32. The number of rotatable bonds is 7. The van der Waals surface area contributed by atoms with E-state index in [9.17, 15) is 26.7 Å². The number of benzene rings is 3. The lowest BCUT2D eigenvalue weighted by Gasteiger charge is -2.20. The summed E-state index contributed by atoms with van der Waals surface area (Å²) in [5.74, 6) is -1.88. The summed E-state index contributed by atoms with van der Waals surface area (Å²) in [6, 6.07) is 14.6. The lowest BCUT2D eigenvalue weighted by Crippen LogP contribution is -2.33. The SMILES string of the molecule is CCN(CC)C(=O)Oc1ccc2c(ccn2Cc2cccc(SC(F)(F)F)c2)c1-c1ccc(F)c(F)c1. The number of halogens is 5. The smallest absolute Gasteiger partial charge is 0.410 e. The van der Waals surface area contributed by atoms with Crippen LogP contribution in [0.4, 0.5) is 26.7 Å². The summed E-state index contributed by atoms with van der Waals surface area (Å²) in [5.41, 5.74) is -2.35. The van der Waals surface area contributed by atoms with E-state index in [4.69, 9.17) is 4.74 Å². The summed E-state index contributed by atoms with van der Waals surface area (Å²) in [6.07, 6.45) is 1.17. The highest BCUT2D eigenvalue weighted by Crippen LogP contribution is 2.40. The number of alkyl halides is 3. The Kier molecular flexibility index (Phi) is 7.77. The number of hydrogen-bond acceptors (Lipinski definition) is 3. The second-order valence-electron chi connectivity index (χ2n) is 8.18. The van der Waals surface area contributed by atoms with Crippen LogP contribution >= 0.6 is 11.8 Å². The molecule has 0 fully saturated rings. The Morgan fingerprint density at radius 1 is 0.973 bits per heavy atom. The van der Waals surface area contributed by atoms with E-state index in [1.807, 2.05) is 18.4 Å². The quantitative estimate of drug-likeness (QED) is 0.178. The number of fused-ring (bicyclic) bond motifs is 1. The Labute approximate surface area is 214 Å². The van der Waals surface area contributed by atoms with E-state index >= 15 is 0 Å². The van der Waals surface area contributed by atoms with Gasteiger partial charge in [0.05, 0.1) is 0 Å². The zero-order chi connectivity index (χ0) is 26.7. The topological polar surface area (TPSA) is 34.5 Å². The number of carbonyl (C=O) groups is 1. The molecule has 4 aromatic rings.